The number of hydrogen-bond acceptors (Lipinski definition) is 3. The second-order valence-electron chi connectivity index (χ2n) is 3.30. The Labute approximate surface area is 79.3 Å². The molecule has 0 amide bonds. The highest BCUT2D eigenvalue weighted by Gasteiger charge is 2.22. The smallest absolute Gasteiger partial charge is 0.0836 e. The Hall–Kier alpha value is -0.540. The summed E-state index contributed by atoms with van der Waals surface area (Å²) >= 11 is 0. The molecule has 76 valence electrons. The van der Waals surface area contributed by atoms with Gasteiger partial charge in [0.1, 0.15) is 0 Å². The van der Waals surface area contributed by atoms with Crippen LogP contribution in [-0.4, -0.2) is 31.0 Å². The molecule has 3 heteroatoms. The SMILES string of the molecule is CO/C=C\CC[C@H]1OCCC[C@H]1O. The van der Waals surface area contributed by atoms with Gasteiger partial charge in [0.05, 0.1) is 25.6 Å². The molecule has 13 heavy (non-hydrogen) atoms. The molecule has 0 aliphatic carbocycles. The number of aliphatic hydroxyl groups is 1. The summed E-state index contributed by atoms with van der Waals surface area (Å²) in [5.41, 5.74) is 0. The van der Waals surface area contributed by atoms with Gasteiger partial charge in [-0.25, -0.2) is 0 Å². The molecule has 0 unspecified atom stereocenters. The summed E-state index contributed by atoms with van der Waals surface area (Å²) in [4.78, 5) is 0. The van der Waals surface area contributed by atoms with Crippen LogP contribution in [0.2, 0.25) is 0 Å². The molecule has 0 aromatic rings. The van der Waals surface area contributed by atoms with Gasteiger partial charge in [-0.15, -0.1) is 0 Å². The number of methoxy groups -OCH3 is 1. The Kier molecular flexibility index (Phi) is 4.86. The number of allylic oxidation sites excluding steroid dienone is 1. The van der Waals surface area contributed by atoms with Gasteiger partial charge in [-0.2, -0.15) is 0 Å². The largest absolute Gasteiger partial charge is 0.505 e. The summed E-state index contributed by atoms with van der Waals surface area (Å²) < 4.78 is 10.2. The molecule has 0 aromatic heterocycles. The molecule has 2 atom stereocenters. The maximum Gasteiger partial charge on any atom is 0.0836 e. The van der Waals surface area contributed by atoms with Crippen LogP contribution in [-0.2, 0) is 9.47 Å². The van der Waals surface area contributed by atoms with Crippen molar-refractivity contribution in [3.63, 3.8) is 0 Å². The van der Waals surface area contributed by atoms with Crippen molar-refractivity contribution in [2.45, 2.75) is 37.9 Å². The van der Waals surface area contributed by atoms with Crippen molar-refractivity contribution < 1.29 is 14.6 Å². The van der Waals surface area contributed by atoms with E-state index in [1.54, 1.807) is 13.4 Å². The molecule has 1 aliphatic rings. The maximum absolute atomic E-state index is 9.55. The third-order valence-electron chi connectivity index (χ3n) is 2.26. The topological polar surface area (TPSA) is 38.7 Å². The number of rotatable bonds is 4. The third kappa shape index (κ3) is 3.79. The molecular weight excluding hydrogens is 168 g/mol. The average Bonchev–Trinajstić information content (AvgIpc) is 2.15. The summed E-state index contributed by atoms with van der Waals surface area (Å²) in [6, 6.07) is 0. The number of ether oxygens (including phenoxy) is 2. The number of hydrogen-bond donors (Lipinski definition) is 1. The summed E-state index contributed by atoms with van der Waals surface area (Å²) in [6.45, 7) is 0.787. The highest BCUT2D eigenvalue weighted by molar-refractivity contribution is 4.79. The molecule has 0 spiro atoms. The van der Waals surface area contributed by atoms with Gasteiger partial charge in [0.25, 0.3) is 0 Å². The van der Waals surface area contributed by atoms with Crippen LogP contribution >= 0.6 is 0 Å². The lowest BCUT2D eigenvalue weighted by molar-refractivity contribution is -0.0762. The fourth-order valence-electron chi connectivity index (χ4n) is 1.52. The van der Waals surface area contributed by atoms with E-state index < -0.39 is 0 Å². The van der Waals surface area contributed by atoms with Crippen LogP contribution in [0.3, 0.4) is 0 Å². The minimum Gasteiger partial charge on any atom is -0.505 e. The molecule has 1 heterocycles. The minimum absolute atomic E-state index is 0.0234. The first kappa shape index (κ1) is 10.5. The molecule has 1 aliphatic heterocycles. The molecule has 1 rings (SSSR count). The van der Waals surface area contributed by atoms with Crippen molar-refractivity contribution in [2.24, 2.45) is 0 Å². The Balaban J connectivity index is 2.15. The van der Waals surface area contributed by atoms with Crippen molar-refractivity contribution >= 4 is 0 Å². The molecule has 0 bridgehead atoms. The van der Waals surface area contributed by atoms with Gasteiger partial charge in [-0.1, -0.05) is 0 Å². The van der Waals surface area contributed by atoms with Gasteiger partial charge in [0.15, 0.2) is 0 Å². The highest BCUT2D eigenvalue weighted by Crippen LogP contribution is 2.17. The first-order valence-electron chi connectivity index (χ1n) is 4.82. The summed E-state index contributed by atoms with van der Waals surface area (Å²) in [5, 5.41) is 9.55. The van der Waals surface area contributed by atoms with Crippen LogP contribution in [0.1, 0.15) is 25.7 Å². The highest BCUT2D eigenvalue weighted by atomic mass is 16.5. The number of aliphatic hydroxyl groups excluding tert-OH is 1. The van der Waals surface area contributed by atoms with E-state index in [4.69, 9.17) is 9.47 Å². The standard InChI is InChI=1S/C10H18O3/c1-12-7-3-2-6-10-9(11)5-4-8-13-10/h3,7,9-11H,2,4-6,8H2,1H3/b7-3-/t9-,10-/m1/s1. The van der Waals surface area contributed by atoms with Crippen LogP contribution in [0.4, 0.5) is 0 Å². The van der Waals surface area contributed by atoms with Crippen molar-refractivity contribution in [2.75, 3.05) is 13.7 Å². The van der Waals surface area contributed by atoms with E-state index in [0.717, 1.165) is 32.3 Å². The van der Waals surface area contributed by atoms with E-state index in [9.17, 15) is 5.11 Å². The lowest BCUT2D eigenvalue weighted by Crippen LogP contribution is -2.33. The summed E-state index contributed by atoms with van der Waals surface area (Å²) in [5.74, 6) is 0. The van der Waals surface area contributed by atoms with E-state index in [1.807, 2.05) is 6.08 Å². The van der Waals surface area contributed by atoms with E-state index in [1.165, 1.54) is 0 Å². The van der Waals surface area contributed by atoms with Crippen LogP contribution in [0.25, 0.3) is 0 Å². The zero-order valence-corrected chi connectivity index (χ0v) is 8.11. The quantitative estimate of drug-likeness (QED) is 0.676. The second kappa shape index (κ2) is 6.00. The second-order valence-corrected chi connectivity index (χ2v) is 3.30. The van der Waals surface area contributed by atoms with Crippen molar-refractivity contribution in [3.8, 4) is 0 Å². The predicted molar refractivity (Wildman–Crippen MR) is 50.4 cm³/mol. The molecule has 1 saturated heterocycles. The van der Waals surface area contributed by atoms with Crippen LogP contribution in [0.5, 0.6) is 0 Å². The first-order chi connectivity index (χ1) is 6.34. The lowest BCUT2D eigenvalue weighted by Gasteiger charge is -2.27. The maximum atomic E-state index is 9.55. The zero-order chi connectivity index (χ0) is 9.52. The molecule has 1 fully saturated rings. The Bertz CT molecular complexity index is 156. The van der Waals surface area contributed by atoms with Gasteiger partial charge in [0.2, 0.25) is 0 Å². The van der Waals surface area contributed by atoms with Gasteiger partial charge >= 0.3 is 0 Å². The van der Waals surface area contributed by atoms with Gasteiger partial charge in [-0.3, -0.25) is 0 Å². The fraction of sp³-hybridized carbons (Fsp3) is 0.800. The van der Waals surface area contributed by atoms with E-state index in [0.29, 0.717) is 0 Å². The van der Waals surface area contributed by atoms with E-state index in [2.05, 4.69) is 0 Å². The summed E-state index contributed by atoms with van der Waals surface area (Å²) in [6.07, 6.45) is 6.99. The molecule has 1 N–H and O–H groups in total. The van der Waals surface area contributed by atoms with Crippen molar-refractivity contribution in [3.05, 3.63) is 12.3 Å². The van der Waals surface area contributed by atoms with Crippen LogP contribution < -0.4 is 0 Å². The monoisotopic (exact) mass is 186 g/mol. The average molecular weight is 186 g/mol. The molecule has 0 radical (unpaired) electrons. The van der Waals surface area contributed by atoms with Gasteiger partial charge < -0.3 is 14.6 Å². The summed E-state index contributed by atoms with van der Waals surface area (Å²) in [7, 11) is 1.63. The Morgan fingerprint density at radius 2 is 2.46 bits per heavy atom. The molecule has 0 saturated carbocycles. The van der Waals surface area contributed by atoms with E-state index in [-0.39, 0.29) is 12.2 Å². The molecule has 3 nitrogen and oxygen atoms in total. The van der Waals surface area contributed by atoms with Gasteiger partial charge in [-0.05, 0) is 31.8 Å². The van der Waals surface area contributed by atoms with Crippen LogP contribution in [0, 0.1) is 0 Å². The Morgan fingerprint density at radius 1 is 1.62 bits per heavy atom. The predicted octanol–water partition coefficient (Wildman–Crippen LogP) is 1.47. The minimum atomic E-state index is -0.273. The third-order valence-corrected chi connectivity index (χ3v) is 2.26. The Morgan fingerprint density at radius 3 is 3.15 bits per heavy atom. The normalized spacial score (nSPS) is 29.4. The molecule has 0 aromatic carbocycles. The van der Waals surface area contributed by atoms with Crippen LogP contribution in [0.15, 0.2) is 12.3 Å². The molecular formula is C10H18O3. The van der Waals surface area contributed by atoms with E-state index >= 15 is 0 Å². The zero-order valence-electron chi connectivity index (χ0n) is 8.11. The fourth-order valence-corrected chi connectivity index (χ4v) is 1.52. The first-order valence-corrected chi connectivity index (χ1v) is 4.82. The van der Waals surface area contributed by atoms with Gasteiger partial charge in [0, 0.05) is 6.61 Å². The van der Waals surface area contributed by atoms with Crippen molar-refractivity contribution in [1.82, 2.24) is 0 Å². The van der Waals surface area contributed by atoms with Crippen molar-refractivity contribution in [1.29, 1.82) is 0 Å². The lowest BCUT2D eigenvalue weighted by atomic mass is 10.0.